The van der Waals surface area contributed by atoms with Crippen LogP contribution in [0.4, 0.5) is 5.69 Å². The second-order valence-electron chi connectivity index (χ2n) is 7.30. The minimum absolute atomic E-state index is 0.0298. The van der Waals surface area contributed by atoms with E-state index in [2.05, 4.69) is 4.98 Å². The molecule has 6 nitrogen and oxygen atoms in total. The van der Waals surface area contributed by atoms with Crippen LogP contribution < -0.4 is 9.47 Å². The molecular formula is C22H21N3O3S. The summed E-state index contributed by atoms with van der Waals surface area (Å²) in [5.74, 6) is 1.48. The van der Waals surface area contributed by atoms with Gasteiger partial charge in [-0.05, 0) is 60.5 Å². The zero-order valence-electron chi connectivity index (χ0n) is 15.9. The average Bonchev–Trinajstić information content (AvgIpc) is 3.34. The number of hydrogen-bond donors (Lipinski definition) is 0. The van der Waals surface area contributed by atoms with Crippen molar-refractivity contribution in [1.29, 1.82) is 0 Å². The number of benzene rings is 1. The Bertz CT molecular complexity index is 984. The summed E-state index contributed by atoms with van der Waals surface area (Å²) in [5.41, 5.74) is 1.67. The van der Waals surface area contributed by atoms with Crippen LogP contribution in [-0.2, 0) is 4.79 Å². The number of carbonyl (C=O) groups excluding carboxylic acids is 1. The third-order valence-electron chi connectivity index (χ3n) is 5.34. The second kappa shape index (κ2) is 7.91. The van der Waals surface area contributed by atoms with Gasteiger partial charge in [0, 0.05) is 12.2 Å². The van der Waals surface area contributed by atoms with Crippen molar-refractivity contribution in [3.05, 3.63) is 53.2 Å². The van der Waals surface area contributed by atoms with Crippen molar-refractivity contribution in [3.63, 3.8) is 0 Å². The molecule has 0 N–H and O–H groups in total. The number of ether oxygens (including phenoxy) is 2. The molecule has 1 aromatic carbocycles. The summed E-state index contributed by atoms with van der Waals surface area (Å²) >= 11 is 1.43. The largest absolute Gasteiger partial charge is 0.454 e. The molecule has 0 bridgehead atoms. The van der Waals surface area contributed by atoms with Crippen LogP contribution in [0.15, 0.2) is 52.6 Å². The Morgan fingerprint density at radius 1 is 1.14 bits per heavy atom. The van der Waals surface area contributed by atoms with Crippen molar-refractivity contribution in [2.45, 2.75) is 38.1 Å². The fraction of sp³-hybridized carbons (Fsp3) is 0.318. The van der Waals surface area contributed by atoms with Gasteiger partial charge in [0.2, 0.25) is 6.79 Å². The number of fused-ring (bicyclic) bond motifs is 1. The maximum Gasteiger partial charge on any atom is 0.267 e. The highest BCUT2D eigenvalue weighted by Crippen LogP contribution is 2.39. The molecule has 29 heavy (non-hydrogen) atoms. The van der Waals surface area contributed by atoms with Gasteiger partial charge in [-0.15, -0.1) is 0 Å². The summed E-state index contributed by atoms with van der Waals surface area (Å²) < 4.78 is 10.8. The third-order valence-corrected chi connectivity index (χ3v) is 6.32. The quantitative estimate of drug-likeness (QED) is 0.687. The van der Waals surface area contributed by atoms with E-state index in [4.69, 9.17) is 14.5 Å². The number of pyridine rings is 1. The van der Waals surface area contributed by atoms with E-state index in [1.807, 2.05) is 41.3 Å². The number of thioether (sulfide) groups is 1. The molecule has 1 saturated heterocycles. The molecular weight excluding hydrogens is 386 g/mol. The first kappa shape index (κ1) is 18.2. The Kier molecular flexibility index (Phi) is 4.97. The molecule has 3 aliphatic rings. The monoisotopic (exact) mass is 407 g/mol. The molecule has 2 aromatic rings. The maximum absolute atomic E-state index is 13.3. The number of amidine groups is 1. The number of aliphatic imine (C=N–C) groups is 1. The topological polar surface area (TPSA) is 64.0 Å². The van der Waals surface area contributed by atoms with Gasteiger partial charge in [-0.2, -0.15) is 0 Å². The standard InChI is InChI=1S/C22H21N3O3S/c26-21-20(12-15-8-9-18-19(11-15)28-14-27-18)29-22(24-16-5-4-10-23-13-16)25(21)17-6-2-1-3-7-17/h4-5,8-13,17H,1-3,6-7,14H2/b20-12-,24-22?. The fourth-order valence-corrected chi connectivity index (χ4v) is 4.97. The van der Waals surface area contributed by atoms with Crippen molar-refractivity contribution in [1.82, 2.24) is 9.88 Å². The first-order valence-electron chi connectivity index (χ1n) is 9.89. The molecule has 7 heteroatoms. The molecule has 148 valence electrons. The minimum atomic E-state index is 0.0298. The predicted octanol–water partition coefficient (Wildman–Crippen LogP) is 4.75. The highest BCUT2D eigenvalue weighted by atomic mass is 32.2. The molecule has 1 aliphatic carbocycles. The highest BCUT2D eigenvalue weighted by Gasteiger charge is 2.38. The van der Waals surface area contributed by atoms with Gasteiger partial charge in [-0.25, -0.2) is 4.99 Å². The molecule has 0 unspecified atom stereocenters. The van der Waals surface area contributed by atoms with Crippen LogP contribution in [0.3, 0.4) is 0 Å². The number of amides is 1. The van der Waals surface area contributed by atoms with Crippen LogP contribution in [0.2, 0.25) is 0 Å². The first-order chi connectivity index (χ1) is 14.3. The molecule has 1 saturated carbocycles. The lowest BCUT2D eigenvalue weighted by molar-refractivity contribution is -0.124. The lowest BCUT2D eigenvalue weighted by Crippen LogP contribution is -2.40. The van der Waals surface area contributed by atoms with Crippen LogP contribution >= 0.6 is 11.8 Å². The molecule has 1 amide bonds. The van der Waals surface area contributed by atoms with E-state index in [9.17, 15) is 4.79 Å². The smallest absolute Gasteiger partial charge is 0.267 e. The summed E-state index contributed by atoms with van der Waals surface area (Å²) in [6.07, 6.45) is 10.9. The molecule has 0 spiro atoms. The highest BCUT2D eigenvalue weighted by molar-refractivity contribution is 8.18. The van der Waals surface area contributed by atoms with Crippen LogP contribution in [0.5, 0.6) is 11.5 Å². The molecule has 3 heterocycles. The Hall–Kier alpha value is -2.80. The van der Waals surface area contributed by atoms with Crippen LogP contribution in [0.1, 0.15) is 37.7 Å². The van der Waals surface area contributed by atoms with E-state index in [0.717, 1.165) is 47.9 Å². The summed E-state index contributed by atoms with van der Waals surface area (Å²) in [4.78, 5) is 24.8. The second-order valence-corrected chi connectivity index (χ2v) is 8.31. The van der Waals surface area contributed by atoms with E-state index in [1.165, 1.54) is 18.2 Å². The lowest BCUT2D eigenvalue weighted by Gasteiger charge is -2.30. The number of rotatable bonds is 3. The molecule has 2 aliphatic heterocycles. The van der Waals surface area contributed by atoms with E-state index >= 15 is 0 Å². The summed E-state index contributed by atoms with van der Waals surface area (Å²) in [7, 11) is 0. The Balaban J connectivity index is 1.49. The average molecular weight is 407 g/mol. The summed E-state index contributed by atoms with van der Waals surface area (Å²) in [6, 6.07) is 9.70. The van der Waals surface area contributed by atoms with Gasteiger partial charge in [-0.3, -0.25) is 14.7 Å². The third kappa shape index (κ3) is 3.74. The molecule has 0 radical (unpaired) electrons. The Morgan fingerprint density at radius 3 is 2.83 bits per heavy atom. The van der Waals surface area contributed by atoms with Gasteiger partial charge in [0.25, 0.3) is 5.91 Å². The normalized spacial score (nSPS) is 22.1. The fourth-order valence-electron chi connectivity index (χ4n) is 3.91. The number of aromatic nitrogens is 1. The van der Waals surface area contributed by atoms with Crippen LogP contribution in [0.25, 0.3) is 6.08 Å². The summed E-state index contributed by atoms with van der Waals surface area (Å²) in [6.45, 7) is 0.237. The summed E-state index contributed by atoms with van der Waals surface area (Å²) in [5, 5.41) is 0.738. The maximum atomic E-state index is 13.3. The molecule has 5 rings (SSSR count). The van der Waals surface area contributed by atoms with E-state index in [1.54, 1.807) is 12.4 Å². The van der Waals surface area contributed by atoms with Gasteiger partial charge in [0.1, 0.15) is 0 Å². The number of hydrogen-bond acceptors (Lipinski definition) is 6. The first-order valence-corrected chi connectivity index (χ1v) is 10.7. The van der Waals surface area contributed by atoms with Crippen molar-refractivity contribution in [3.8, 4) is 11.5 Å². The minimum Gasteiger partial charge on any atom is -0.454 e. The zero-order valence-corrected chi connectivity index (χ0v) is 16.7. The van der Waals surface area contributed by atoms with Gasteiger partial charge in [0.05, 0.1) is 16.8 Å². The van der Waals surface area contributed by atoms with Crippen LogP contribution in [0, 0.1) is 0 Å². The molecule has 2 fully saturated rings. The number of nitrogens with zero attached hydrogens (tertiary/aromatic N) is 3. The van der Waals surface area contributed by atoms with Crippen molar-refractivity contribution < 1.29 is 14.3 Å². The van der Waals surface area contributed by atoms with Gasteiger partial charge in [-0.1, -0.05) is 25.3 Å². The molecule has 0 atom stereocenters. The van der Waals surface area contributed by atoms with E-state index < -0.39 is 0 Å². The van der Waals surface area contributed by atoms with Crippen molar-refractivity contribution in [2.75, 3.05) is 6.79 Å². The number of carbonyl (C=O) groups is 1. The van der Waals surface area contributed by atoms with Crippen molar-refractivity contribution in [2.24, 2.45) is 4.99 Å². The van der Waals surface area contributed by atoms with E-state index in [0.29, 0.717) is 10.7 Å². The lowest BCUT2D eigenvalue weighted by atomic mass is 9.94. The van der Waals surface area contributed by atoms with Gasteiger partial charge >= 0.3 is 0 Å². The van der Waals surface area contributed by atoms with Crippen molar-refractivity contribution >= 4 is 34.6 Å². The SMILES string of the molecule is O=C1/C(=C/c2ccc3c(c2)OCO3)SC(=Nc2cccnc2)N1C1CCCCC1. The van der Waals surface area contributed by atoms with Gasteiger partial charge < -0.3 is 9.47 Å². The van der Waals surface area contributed by atoms with Crippen LogP contribution in [-0.4, -0.2) is 33.8 Å². The predicted molar refractivity (Wildman–Crippen MR) is 113 cm³/mol. The Morgan fingerprint density at radius 2 is 2.00 bits per heavy atom. The Labute approximate surface area is 173 Å². The van der Waals surface area contributed by atoms with E-state index in [-0.39, 0.29) is 18.7 Å². The van der Waals surface area contributed by atoms with Gasteiger partial charge in [0.15, 0.2) is 16.7 Å². The molecule has 1 aromatic heterocycles. The zero-order chi connectivity index (χ0) is 19.6.